The summed E-state index contributed by atoms with van der Waals surface area (Å²) in [6.45, 7) is 5.39. The SMILES string of the molecule is O=C(CN1CCN(CC(=O)N2CCc3sccc3[C@@H]2c2cccs2)CC1)NCc1ccccc1. The van der Waals surface area contributed by atoms with Gasteiger partial charge >= 0.3 is 0 Å². The van der Waals surface area contributed by atoms with Gasteiger partial charge in [-0.25, -0.2) is 0 Å². The highest BCUT2D eigenvalue weighted by molar-refractivity contribution is 7.10. The van der Waals surface area contributed by atoms with Crippen LogP contribution in [0.2, 0.25) is 0 Å². The number of amides is 2. The summed E-state index contributed by atoms with van der Waals surface area (Å²) in [5, 5.41) is 7.24. The standard InChI is InChI=1S/C26H30N4O2S2/c31-24(27-17-20-5-2-1-3-6-20)18-28-11-13-29(14-12-28)19-25(32)30-10-8-22-21(9-16-34-22)26(30)23-7-4-15-33-23/h1-7,9,15-16,26H,8,10-14,17-19H2,(H,27,31)/t26-/m1/s1. The van der Waals surface area contributed by atoms with Crippen molar-refractivity contribution >= 4 is 34.5 Å². The fourth-order valence-electron chi connectivity index (χ4n) is 4.78. The molecule has 2 aliphatic heterocycles. The Bertz CT molecular complexity index is 1090. The topological polar surface area (TPSA) is 55.9 Å². The predicted molar refractivity (Wildman–Crippen MR) is 137 cm³/mol. The molecule has 3 aromatic rings. The highest BCUT2D eigenvalue weighted by Crippen LogP contribution is 2.39. The molecule has 1 aromatic carbocycles. The Morgan fingerprint density at radius 1 is 0.853 bits per heavy atom. The molecule has 0 radical (unpaired) electrons. The van der Waals surface area contributed by atoms with Crippen molar-refractivity contribution in [1.29, 1.82) is 0 Å². The number of nitrogens with one attached hydrogen (secondary N) is 1. The van der Waals surface area contributed by atoms with E-state index >= 15 is 0 Å². The van der Waals surface area contributed by atoms with Crippen LogP contribution in [-0.2, 0) is 22.6 Å². The first-order valence-electron chi connectivity index (χ1n) is 11.8. The molecule has 0 unspecified atom stereocenters. The van der Waals surface area contributed by atoms with Crippen LogP contribution >= 0.6 is 22.7 Å². The van der Waals surface area contributed by atoms with Gasteiger partial charge in [0.05, 0.1) is 19.1 Å². The predicted octanol–water partition coefficient (Wildman–Crippen LogP) is 3.22. The smallest absolute Gasteiger partial charge is 0.237 e. The molecular weight excluding hydrogens is 464 g/mol. The van der Waals surface area contributed by atoms with Crippen molar-refractivity contribution in [2.45, 2.75) is 19.0 Å². The normalized spacial score (nSPS) is 19.1. The molecule has 0 saturated carbocycles. The monoisotopic (exact) mass is 494 g/mol. The minimum absolute atomic E-state index is 0.0390. The second-order valence-corrected chi connectivity index (χ2v) is 10.8. The number of carbonyl (C=O) groups excluding carboxylic acids is 2. The molecule has 8 heteroatoms. The van der Waals surface area contributed by atoms with Gasteiger partial charge in [-0.2, -0.15) is 0 Å². The molecule has 0 bridgehead atoms. The van der Waals surface area contributed by atoms with Gasteiger partial charge in [-0.05, 0) is 40.4 Å². The third-order valence-electron chi connectivity index (χ3n) is 6.62. The summed E-state index contributed by atoms with van der Waals surface area (Å²) in [5.74, 6) is 0.247. The number of benzene rings is 1. The Morgan fingerprint density at radius 3 is 2.35 bits per heavy atom. The first-order chi connectivity index (χ1) is 16.7. The molecule has 1 atom stereocenters. The number of carbonyl (C=O) groups is 2. The van der Waals surface area contributed by atoms with E-state index in [9.17, 15) is 9.59 Å². The maximum Gasteiger partial charge on any atom is 0.237 e. The number of thiophene rings is 2. The summed E-state index contributed by atoms with van der Waals surface area (Å²) in [6.07, 6.45) is 0.937. The number of piperazine rings is 1. The molecule has 5 rings (SSSR count). The lowest BCUT2D eigenvalue weighted by atomic mass is 9.98. The molecular formula is C26H30N4O2S2. The molecule has 1 N–H and O–H groups in total. The molecule has 2 aromatic heterocycles. The fourth-order valence-corrected chi connectivity index (χ4v) is 6.54. The van der Waals surface area contributed by atoms with Crippen molar-refractivity contribution in [2.75, 3.05) is 45.8 Å². The van der Waals surface area contributed by atoms with Gasteiger partial charge < -0.3 is 10.2 Å². The molecule has 1 fully saturated rings. The lowest BCUT2D eigenvalue weighted by Gasteiger charge is -2.38. The molecule has 4 heterocycles. The van der Waals surface area contributed by atoms with Crippen LogP contribution < -0.4 is 5.32 Å². The second-order valence-electron chi connectivity index (χ2n) is 8.87. The fraction of sp³-hybridized carbons (Fsp3) is 0.385. The highest BCUT2D eigenvalue weighted by Gasteiger charge is 2.34. The molecule has 178 valence electrons. The van der Waals surface area contributed by atoms with Crippen LogP contribution in [0.15, 0.2) is 59.3 Å². The van der Waals surface area contributed by atoms with E-state index in [1.807, 2.05) is 30.3 Å². The Balaban J connectivity index is 1.11. The first kappa shape index (κ1) is 23.2. The Labute approximate surface area is 208 Å². The van der Waals surface area contributed by atoms with E-state index in [4.69, 9.17) is 0 Å². The number of nitrogens with zero attached hydrogens (tertiary/aromatic N) is 3. The lowest BCUT2D eigenvalue weighted by Crippen LogP contribution is -2.52. The highest BCUT2D eigenvalue weighted by atomic mass is 32.1. The lowest BCUT2D eigenvalue weighted by molar-refractivity contribution is -0.135. The van der Waals surface area contributed by atoms with E-state index in [1.165, 1.54) is 15.3 Å². The minimum atomic E-state index is 0.0390. The Hall–Kier alpha value is -2.52. The second kappa shape index (κ2) is 10.8. The van der Waals surface area contributed by atoms with Crippen molar-refractivity contribution in [3.63, 3.8) is 0 Å². The van der Waals surface area contributed by atoms with Crippen LogP contribution in [0.3, 0.4) is 0 Å². The van der Waals surface area contributed by atoms with Crippen molar-refractivity contribution in [3.05, 3.63) is 80.2 Å². The molecule has 1 saturated heterocycles. The van der Waals surface area contributed by atoms with Crippen LogP contribution in [0.5, 0.6) is 0 Å². The zero-order valence-corrected chi connectivity index (χ0v) is 20.8. The van der Waals surface area contributed by atoms with E-state index in [2.05, 4.69) is 49.0 Å². The van der Waals surface area contributed by atoms with Gasteiger partial charge in [-0.3, -0.25) is 19.4 Å². The zero-order valence-electron chi connectivity index (χ0n) is 19.2. The molecule has 0 spiro atoms. The zero-order chi connectivity index (χ0) is 23.3. The molecule has 0 aliphatic carbocycles. The Kier molecular flexibility index (Phi) is 7.39. The number of hydrogen-bond donors (Lipinski definition) is 1. The number of fused-ring (bicyclic) bond motifs is 1. The summed E-state index contributed by atoms with van der Waals surface area (Å²) in [4.78, 5) is 34.9. The quantitative estimate of drug-likeness (QED) is 0.548. The van der Waals surface area contributed by atoms with Gasteiger partial charge in [-0.1, -0.05) is 36.4 Å². The van der Waals surface area contributed by atoms with Gasteiger partial charge in [0.2, 0.25) is 11.8 Å². The summed E-state index contributed by atoms with van der Waals surface area (Å²) in [5.41, 5.74) is 2.39. The third kappa shape index (κ3) is 5.41. The largest absolute Gasteiger partial charge is 0.351 e. The van der Waals surface area contributed by atoms with E-state index in [1.54, 1.807) is 22.7 Å². The van der Waals surface area contributed by atoms with Gasteiger partial charge in [0, 0.05) is 49.0 Å². The molecule has 2 amide bonds. The van der Waals surface area contributed by atoms with Gasteiger partial charge in [0.25, 0.3) is 0 Å². The van der Waals surface area contributed by atoms with Crippen molar-refractivity contribution in [2.24, 2.45) is 0 Å². The van der Waals surface area contributed by atoms with Crippen LogP contribution in [-0.4, -0.2) is 72.3 Å². The summed E-state index contributed by atoms with van der Waals surface area (Å²) < 4.78 is 0. The van der Waals surface area contributed by atoms with Gasteiger partial charge in [0.1, 0.15) is 0 Å². The number of rotatable bonds is 7. The average molecular weight is 495 g/mol. The molecule has 6 nitrogen and oxygen atoms in total. The van der Waals surface area contributed by atoms with E-state index in [0.29, 0.717) is 19.6 Å². The molecule has 2 aliphatic rings. The summed E-state index contributed by atoms with van der Waals surface area (Å²) in [6, 6.07) is 16.4. The maximum absolute atomic E-state index is 13.4. The van der Waals surface area contributed by atoms with E-state index < -0.39 is 0 Å². The van der Waals surface area contributed by atoms with Crippen molar-refractivity contribution in [1.82, 2.24) is 20.0 Å². The van der Waals surface area contributed by atoms with Crippen LogP contribution in [0.25, 0.3) is 0 Å². The van der Waals surface area contributed by atoms with Crippen LogP contribution in [0.4, 0.5) is 0 Å². The first-order valence-corrected chi connectivity index (χ1v) is 13.6. The molecule has 34 heavy (non-hydrogen) atoms. The van der Waals surface area contributed by atoms with Crippen LogP contribution in [0.1, 0.15) is 26.9 Å². The summed E-state index contributed by atoms with van der Waals surface area (Å²) in [7, 11) is 0. The van der Waals surface area contributed by atoms with Crippen molar-refractivity contribution < 1.29 is 9.59 Å². The Morgan fingerprint density at radius 2 is 1.62 bits per heavy atom. The van der Waals surface area contributed by atoms with Crippen molar-refractivity contribution in [3.8, 4) is 0 Å². The third-order valence-corrected chi connectivity index (χ3v) is 8.54. The van der Waals surface area contributed by atoms with Crippen LogP contribution in [0, 0.1) is 0 Å². The number of hydrogen-bond acceptors (Lipinski definition) is 6. The maximum atomic E-state index is 13.4. The summed E-state index contributed by atoms with van der Waals surface area (Å²) >= 11 is 3.53. The van der Waals surface area contributed by atoms with E-state index in [0.717, 1.165) is 44.7 Å². The van der Waals surface area contributed by atoms with E-state index in [-0.39, 0.29) is 17.9 Å². The van der Waals surface area contributed by atoms with Gasteiger partial charge in [0.15, 0.2) is 0 Å². The average Bonchev–Trinajstić information content (AvgIpc) is 3.56. The minimum Gasteiger partial charge on any atom is -0.351 e. The van der Waals surface area contributed by atoms with Gasteiger partial charge in [-0.15, -0.1) is 22.7 Å².